The van der Waals surface area contributed by atoms with Crippen molar-refractivity contribution in [3.05, 3.63) is 35.4 Å². The Morgan fingerprint density at radius 3 is 2.40 bits per heavy atom. The summed E-state index contributed by atoms with van der Waals surface area (Å²) in [5.41, 5.74) is 1.34. The first-order chi connectivity index (χ1) is 9.42. The van der Waals surface area contributed by atoms with Crippen molar-refractivity contribution in [2.24, 2.45) is 5.92 Å². The van der Waals surface area contributed by atoms with Gasteiger partial charge in [-0.05, 0) is 17.7 Å². The third-order valence-electron chi connectivity index (χ3n) is 3.32. The van der Waals surface area contributed by atoms with Crippen LogP contribution in [-0.2, 0) is 11.3 Å². The molecule has 1 saturated carbocycles. The van der Waals surface area contributed by atoms with Gasteiger partial charge in [0.2, 0.25) is 5.91 Å². The molecule has 0 aliphatic heterocycles. The van der Waals surface area contributed by atoms with Gasteiger partial charge in [-0.3, -0.25) is 9.59 Å². The normalized spacial score (nSPS) is 19.2. The number of benzene rings is 1. The predicted molar refractivity (Wildman–Crippen MR) is 69.3 cm³/mol. The molecule has 0 saturated heterocycles. The van der Waals surface area contributed by atoms with Crippen LogP contribution in [0.15, 0.2) is 24.3 Å². The molecular formula is C14H16F2N2O2. The molecule has 0 radical (unpaired) electrons. The monoisotopic (exact) mass is 282 g/mol. The van der Waals surface area contributed by atoms with Gasteiger partial charge in [-0.1, -0.05) is 12.1 Å². The average Bonchev–Trinajstić information content (AvgIpc) is 3.03. The Labute approximate surface area is 115 Å². The molecule has 2 N–H and O–H groups in total. The molecule has 2 amide bonds. The van der Waals surface area contributed by atoms with Crippen molar-refractivity contribution >= 4 is 11.8 Å². The molecule has 1 unspecified atom stereocenters. The summed E-state index contributed by atoms with van der Waals surface area (Å²) in [4.78, 5) is 22.8. The van der Waals surface area contributed by atoms with Gasteiger partial charge >= 0.3 is 0 Å². The SMILES string of the molecule is CNC(=O)c1ccc(CNC(=O)CC2CC2(F)F)cc1. The largest absolute Gasteiger partial charge is 0.355 e. The highest BCUT2D eigenvalue weighted by Gasteiger charge is 2.57. The third-order valence-corrected chi connectivity index (χ3v) is 3.32. The fourth-order valence-electron chi connectivity index (χ4n) is 1.91. The standard InChI is InChI=1S/C14H16F2N2O2/c1-17-13(20)10-4-2-9(3-5-10)8-18-12(19)6-11-7-14(11,15)16/h2-5,11H,6-8H2,1H3,(H,17,20)(H,18,19). The van der Waals surface area contributed by atoms with Crippen molar-refractivity contribution in [3.63, 3.8) is 0 Å². The molecule has 6 heteroatoms. The Morgan fingerprint density at radius 1 is 1.30 bits per heavy atom. The van der Waals surface area contributed by atoms with Crippen molar-refractivity contribution in [1.29, 1.82) is 0 Å². The molecule has 0 heterocycles. The quantitative estimate of drug-likeness (QED) is 0.863. The van der Waals surface area contributed by atoms with Gasteiger partial charge in [0, 0.05) is 37.9 Å². The van der Waals surface area contributed by atoms with Crippen LogP contribution in [0.25, 0.3) is 0 Å². The second-order valence-electron chi connectivity index (χ2n) is 4.92. The van der Waals surface area contributed by atoms with Crippen LogP contribution in [0.5, 0.6) is 0 Å². The van der Waals surface area contributed by atoms with Crippen LogP contribution in [0.4, 0.5) is 8.78 Å². The van der Waals surface area contributed by atoms with E-state index in [4.69, 9.17) is 0 Å². The Hall–Kier alpha value is -1.98. The Balaban J connectivity index is 1.79. The van der Waals surface area contributed by atoms with Crippen LogP contribution in [0.1, 0.15) is 28.8 Å². The molecule has 0 spiro atoms. The summed E-state index contributed by atoms with van der Waals surface area (Å²) in [5.74, 6) is -4.02. The fraction of sp³-hybridized carbons (Fsp3) is 0.429. The topological polar surface area (TPSA) is 58.2 Å². The molecule has 0 bridgehead atoms. The summed E-state index contributed by atoms with van der Waals surface area (Å²) in [7, 11) is 1.55. The van der Waals surface area contributed by atoms with E-state index < -0.39 is 11.8 Å². The van der Waals surface area contributed by atoms with Crippen molar-refractivity contribution in [1.82, 2.24) is 10.6 Å². The van der Waals surface area contributed by atoms with Gasteiger partial charge in [0.1, 0.15) is 0 Å². The van der Waals surface area contributed by atoms with Crippen molar-refractivity contribution in [2.45, 2.75) is 25.3 Å². The molecule has 1 aromatic carbocycles. The maximum Gasteiger partial charge on any atom is 0.252 e. The summed E-state index contributed by atoms with van der Waals surface area (Å²) in [6.07, 6.45) is -0.329. The van der Waals surface area contributed by atoms with Gasteiger partial charge in [0.25, 0.3) is 11.8 Å². The molecule has 1 aliphatic carbocycles. The molecule has 1 aromatic rings. The first-order valence-corrected chi connectivity index (χ1v) is 6.38. The second kappa shape index (κ2) is 5.56. The summed E-state index contributed by atoms with van der Waals surface area (Å²) in [6.45, 7) is 0.269. The number of carbonyl (C=O) groups is 2. The Morgan fingerprint density at radius 2 is 1.90 bits per heavy atom. The number of alkyl halides is 2. The minimum absolute atomic E-state index is 0.136. The molecule has 1 atom stereocenters. The molecule has 20 heavy (non-hydrogen) atoms. The van der Waals surface area contributed by atoms with Gasteiger partial charge < -0.3 is 10.6 Å². The van der Waals surface area contributed by atoms with E-state index in [1.54, 1.807) is 31.3 Å². The van der Waals surface area contributed by atoms with Crippen molar-refractivity contribution in [3.8, 4) is 0 Å². The molecular weight excluding hydrogens is 266 g/mol. The van der Waals surface area contributed by atoms with E-state index in [1.807, 2.05) is 0 Å². The first kappa shape index (κ1) is 14.4. The molecule has 0 aromatic heterocycles. The van der Waals surface area contributed by atoms with Gasteiger partial charge in [-0.2, -0.15) is 0 Å². The first-order valence-electron chi connectivity index (χ1n) is 6.38. The molecule has 108 valence electrons. The summed E-state index contributed by atoms with van der Waals surface area (Å²) >= 11 is 0. The number of halogens is 2. The zero-order valence-corrected chi connectivity index (χ0v) is 11.1. The van der Waals surface area contributed by atoms with E-state index in [0.717, 1.165) is 5.56 Å². The van der Waals surface area contributed by atoms with E-state index in [1.165, 1.54) is 0 Å². The van der Waals surface area contributed by atoms with Crippen LogP contribution in [-0.4, -0.2) is 24.8 Å². The molecule has 1 fully saturated rings. The number of amides is 2. The van der Waals surface area contributed by atoms with Gasteiger partial charge in [0.15, 0.2) is 0 Å². The average molecular weight is 282 g/mol. The highest BCUT2D eigenvalue weighted by molar-refractivity contribution is 5.93. The molecule has 4 nitrogen and oxygen atoms in total. The van der Waals surface area contributed by atoms with Crippen molar-refractivity contribution in [2.75, 3.05) is 7.05 Å². The van der Waals surface area contributed by atoms with Crippen LogP contribution in [0.2, 0.25) is 0 Å². The van der Waals surface area contributed by atoms with Crippen LogP contribution < -0.4 is 10.6 Å². The summed E-state index contributed by atoms with van der Waals surface area (Å²) < 4.78 is 25.3. The zero-order valence-electron chi connectivity index (χ0n) is 11.1. The molecule has 1 aliphatic rings. The Bertz CT molecular complexity index is 514. The predicted octanol–water partition coefficient (Wildman–Crippen LogP) is 1.71. The fourth-order valence-corrected chi connectivity index (χ4v) is 1.91. The van der Waals surface area contributed by atoms with Gasteiger partial charge in [0.05, 0.1) is 0 Å². The lowest BCUT2D eigenvalue weighted by Crippen LogP contribution is -2.23. The lowest BCUT2D eigenvalue weighted by Gasteiger charge is -2.06. The lowest BCUT2D eigenvalue weighted by atomic mass is 10.1. The Kier molecular flexibility index (Phi) is 4.01. The zero-order chi connectivity index (χ0) is 14.8. The number of rotatable bonds is 5. The van der Waals surface area contributed by atoms with E-state index in [2.05, 4.69) is 10.6 Å². The molecule has 2 rings (SSSR count). The number of nitrogens with one attached hydrogen (secondary N) is 2. The van der Waals surface area contributed by atoms with E-state index in [-0.39, 0.29) is 31.2 Å². The minimum Gasteiger partial charge on any atom is -0.355 e. The highest BCUT2D eigenvalue weighted by atomic mass is 19.3. The van der Waals surface area contributed by atoms with E-state index >= 15 is 0 Å². The van der Waals surface area contributed by atoms with Crippen LogP contribution in [0.3, 0.4) is 0 Å². The minimum atomic E-state index is -2.66. The van der Waals surface area contributed by atoms with Crippen LogP contribution >= 0.6 is 0 Å². The van der Waals surface area contributed by atoms with Gasteiger partial charge in [-0.25, -0.2) is 8.78 Å². The number of hydrogen-bond acceptors (Lipinski definition) is 2. The lowest BCUT2D eigenvalue weighted by molar-refractivity contribution is -0.122. The summed E-state index contributed by atoms with van der Waals surface area (Å²) in [5, 5.41) is 5.11. The second-order valence-corrected chi connectivity index (χ2v) is 4.92. The van der Waals surface area contributed by atoms with E-state index in [9.17, 15) is 18.4 Å². The summed E-state index contributed by atoms with van der Waals surface area (Å²) in [6, 6.07) is 6.73. The van der Waals surface area contributed by atoms with Crippen LogP contribution in [0, 0.1) is 5.92 Å². The third kappa shape index (κ3) is 3.53. The number of carbonyl (C=O) groups excluding carboxylic acids is 2. The number of hydrogen-bond donors (Lipinski definition) is 2. The van der Waals surface area contributed by atoms with E-state index in [0.29, 0.717) is 5.56 Å². The maximum absolute atomic E-state index is 12.7. The maximum atomic E-state index is 12.7. The van der Waals surface area contributed by atoms with Gasteiger partial charge in [-0.15, -0.1) is 0 Å². The smallest absolute Gasteiger partial charge is 0.252 e. The highest BCUT2D eigenvalue weighted by Crippen LogP contribution is 2.50. The van der Waals surface area contributed by atoms with Crippen molar-refractivity contribution < 1.29 is 18.4 Å².